The summed E-state index contributed by atoms with van der Waals surface area (Å²) in [5, 5.41) is 0. The van der Waals surface area contributed by atoms with Crippen molar-refractivity contribution in [1.82, 2.24) is 4.90 Å². The van der Waals surface area contributed by atoms with Gasteiger partial charge in [0, 0.05) is 13.1 Å². The first-order valence-electron chi connectivity index (χ1n) is 9.80. The van der Waals surface area contributed by atoms with Crippen LogP contribution >= 0.6 is 0 Å². The summed E-state index contributed by atoms with van der Waals surface area (Å²) in [7, 11) is 0. The van der Waals surface area contributed by atoms with E-state index in [4.69, 9.17) is 9.39 Å². The molecule has 1 fully saturated rings. The van der Waals surface area contributed by atoms with Gasteiger partial charge in [-0.1, -0.05) is 32.0 Å². The molecule has 2 aliphatic heterocycles. The summed E-state index contributed by atoms with van der Waals surface area (Å²) in [6, 6.07) is 6.89. The van der Waals surface area contributed by atoms with Crippen molar-refractivity contribution in [2.45, 2.75) is 79.0 Å². The van der Waals surface area contributed by atoms with E-state index in [9.17, 15) is 0 Å². The summed E-state index contributed by atoms with van der Waals surface area (Å²) in [6.45, 7) is 21.4. The molecule has 0 N–H and O–H groups in total. The van der Waals surface area contributed by atoms with Crippen molar-refractivity contribution in [3.8, 4) is 0 Å². The third kappa shape index (κ3) is 3.81. The topological polar surface area (TPSA) is 21.7 Å². The first-order valence-corrected chi connectivity index (χ1v) is 9.80. The molecule has 1 aromatic carbocycles. The molecular formula is C22H34BNO2. The highest BCUT2D eigenvalue weighted by Crippen LogP contribution is 2.45. The smallest absolute Gasteiger partial charge is 0.327 e. The summed E-state index contributed by atoms with van der Waals surface area (Å²) < 4.78 is 12.4. The molecule has 1 aromatic rings. The molecule has 4 heteroatoms. The van der Waals surface area contributed by atoms with Gasteiger partial charge in [-0.05, 0) is 75.9 Å². The third-order valence-electron chi connectivity index (χ3n) is 6.15. The number of hydrogen-bond donors (Lipinski definition) is 0. The van der Waals surface area contributed by atoms with E-state index < -0.39 is 0 Å². The van der Waals surface area contributed by atoms with Gasteiger partial charge in [-0.25, -0.2) is 0 Å². The zero-order valence-corrected chi connectivity index (χ0v) is 17.6. The number of benzene rings is 1. The molecule has 0 amide bonds. The van der Waals surface area contributed by atoms with E-state index in [2.05, 4.69) is 78.1 Å². The Hall–Kier alpha value is -1.42. The fraction of sp³-hybridized carbons (Fsp3) is 0.636. The van der Waals surface area contributed by atoms with E-state index in [1.807, 2.05) is 0 Å². The average molecular weight is 355 g/mol. The molecule has 142 valence electrons. The van der Waals surface area contributed by atoms with Crippen LogP contribution in [0.1, 0.15) is 59.6 Å². The van der Waals surface area contributed by atoms with Crippen molar-refractivity contribution in [1.29, 1.82) is 0 Å². The Morgan fingerprint density at radius 3 is 2.46 bits per heavy atom. The lowest BCUT2D eigenvalue weighted by molar-refractivity contribution is -0.000673. The maximum Gasteiger partial charge on any atom is 0.327 e. The highest BCUT2D eigenvalue weighted by atomic mass is 16.5. The van der Waals surface area contributed by atoms with Crippen LogP contribution in [0.4, 0.5) is 0 Å². The molecule has 0 atom stereocenters. The molecule has 0 aliphatic carbocycles. The first kappa shape index (κ1) is 19.3. The van der Waals surface area contributed by atoms with Gasteiger partial charge in [-0.3, -0.25) is 0 Å². The maximum atomic E-state index is 6.43. The minimum Gasteiger partial charge on any atom is -0.474 e. The lowest BCUT2D eigenvalue weighted by Crippen LogP contribution is -2.37. The zero-order valence-electron chi connectivity index (χ0n) is 17.6. The van der Waals surface area contributed by atoms with Crippen molar-refractivity contribution in [3.05, 3.63) is 41.8 Å². The molecule has 0 spiro atoms. The lowest BCUT2D eigenvalue weighted by atomic mass is 9.54. The van der Waals surface area contributed by atoms with Crippen LogP contribution in [0, 0.1) is 5.41 Å². The molecule has 3 nitrogen and oxygen atoms in total. The fourth-order valence-corrected chi connectivity index (χ4v) is 3.86. The largest absolute Gasteiger partial charge is 0.474 e. The van der Waals surface area contributed by atoms with Crippen LogP contribution in [0.15, 0.2) is 30.7 Å². The summed E-state index contributed by atoms with van der Waals surface area (Å²) in [5.41, 5.74) is 3.96. The Bertz CT molecular complexity index is 687. The second-order valence-electron chi connectivity index (χ2n) is 10.0. The Labute approximate surface area is 159 Å². The zero-order chi connectivity index (χ0) is 19.3. The Balaban J connectivity index is 1.77. The van der Waals surface area contributed by atoms with Gasteiger partial charge >= 0.3 is 6.92 Å². The van der Waals surface area contributed by atoms with E-state index in [1.165, 1.54) is 16.6 Å². The second kappa shape index (κ2) is 6.33. The second-order valence-corrected chi connectivity index (χ2v) is 10.0. The van der Waals surface area contributed by atoms with Gasteiger partial charge in [0.2, 0.25) is 0 Å². The fourth-order valence-electron chi connectivity index (χ4n) is 3.86. The SMILES string of the molecule is C=C(OC(C)(C)C)N1CCc2ccc(B3CC(C)(C)C(C)(C)O3)cc2C1. The minimum atomic E-state index is -0.214. The predicted octanol–water partition coefficient (Wildman–Crippen LogP) is 4.36. The average Bonchev–Trinajstić information content (AvgIpc) is 2.72. The van der Waals surface area contributed by atoms with Gasteiger partial charge in [0.25, 0.3) is 0 Å². The Morgan fingerprint density at radius 2 is 1.88 bits per heavy atom. The number of ether oxygens (including phenoxy) is 1. The number of fused-ring (bicyclic) bond motifs is 1. The van der Waals surface area contributed by atoms with Crippen LogP contribution in [0.2, 0.25) is 6.32 Å². The van der Waals surface area contributed by atoms with E-state index in [-0.39, 0.29) is 23.5 Å². The van der Waals surface area contributed by atoms with E-state index >= 15 is 0 Å². The lowest BCUT2D eigenvalue weighted by Gasteiger charge is -2.35. The minimum absolute atomic E-state index is 0.103. The number of rotatable bonds is 3. The molecule has 0 radical (unpaired) electrons. The Morgan fingerprint density at radius 1 is 1.19 bits per heavy atom. The van der Waals surface area contributed by atoms with Crippen molar-refractivity contribution >= 4 is 12.4 Å². The van der Waals surface area contributed by atoms with Gasteiger partial charge in [0.1, 0.15) is 5.60 Å². The first-order chi connectivity index (χ1) is 11.9. The molecule has 3 rings (SSSR count). The quantitative estimate of drug-likeness (QED) is 0.594. The van der Waals surface area contributed by atoms with Gasteiger partial charge < -0.3 is 14.3 Å². The number of nitrogens with zero attached hydrogens (tertiary/aromatic N) is 1. The third-order valence-corrected chi connectivity index (χ3v) is 6.15. The summed E-state index contributed by atoms with van der Waals surface area (Å²) in [5.74, 6) is 0.771. The standard InChI is InChI=1S/C22H34BNO2/c1-16(25-20(2,3)4)24-12-11-17-9-10-19(13-18(17)14-24)23-15-21(5,6)22(7,8)26-23/h9-10,13H,1,11-12,14-15H2,2-8H3. The van der Waals surface area contributed by atoms with Crippen LogP contribution in [0.25, 0.3) is 0 Å². The van der Waals surface area contributed by atoms with E-state index in [0.29, 0.717) is 0 Å². The van der Waals surface area contributed by atoms with Crippen molar-refractivity contribution < 1.29 is 9.39 Å². The van der Waals surface area contributed by atoms with Crippen LogP contribution in [-0.4, -0.2) is 29.6 Å². The van der Waals surface area contributed by atoms with Crippen molar-refractivity contribution in [2.24, 2.45) is 5.41 Å². The van der Waals surface area contributed by atoms with Gasteiger partial charge in [-0.15, -0.1) is 0 Å². The number of hydrogen-bond acceptors (Lipinski definition) is 3. The molecule has 26 heavy (non-hydrogen) atoms. The van der Waals surface area contributed by atoms with Gasteiger partial charge in [0.15, 0.2) is 5.88 Å². The Kier molecular flexibility index (Phi) is 4.71. The monoisotopic (exact) mass is 355 g/mol. The van der Waals surface area contributed by atoms with Crippen LogP contribution in [0.5, 0.6) is 0 Å². The summed E-state index contributed by atoms with van der Waals surface area (Å²) in [4.78, 5) is 2.25. The van der Waals surface area contributed by atoms with E-state index in [1.54, 1.807) is 0 Å². The van der Waals surface area contributed by atoms with Crippen LogP contribution in [-0.2, 0) is 22.4 Å². The van der Waals surface area contributed by atoms with Crippen molar-refractivity contribution in [2.75, 3.05) is 6.54 Å². The summed E-state index contributed by atoms with van der Waals surface area (Å²) >= 11 is 0. The highest BCUT2D eigenvalue weighted by molar-refractivity contribution is 6.68. The highest BCUT2D eigenvalue weighted by Gasteiger charge is 2.49. The normalized spacial score (nSPS) is 21.5. The molecule has 2 aliphatic rings. The van der Waals surface area contributed by atoms with Gasteiger partial charge in [-0.2, -0.15) is 0 Å². The molecule has 1 saturated heterocycles. The maximum absolute atomic E-state index is 6.43. The summed E-state index contributed by atoms with van der Waals surface area (Å²) in [6.07, 6.45) is 2.09. The molecule has 0 saturated carbocycles. The van der Waals surface area contributed by atoms with E-state index in [0.717, 1.165) is 31.7 Å². The van der Waals surface area contributed by atoms with Crippen LogP contribution in [0.3, 0.4) is 0 Å². The molecule has 0 unspecified atom stereocenters. The molecule has 0 aromatic heterocycles. The van der Waals surface area contributed by atoms with Crippen LogP contribution < -0.4 is 5.46 Å². The predicted molar refractivity (Wildman–Crippen MR) is 110 cm³/mol. The molecule has 2 heterocycles. The molecule has 0 bridgehead atoms. The van der Waals surface area contributed by atoms with Gasteiger partial charge in [0.05, 0.1) is 5.60 Å². The molecular weight excluding hydrogens is 321 g/mol. The van der Waals surface area contributed by atoms with Crippen molar-refractivity contribution in [3.63, 3.8) is 0 Å².